The summed E-state index contributed by atoms with van der Waals surface area (Å²) < 4.78 is 0. The first-order chi connectivity index (χ1) is 10.5. The monoisotopic (exact) mass is 296 g/mol. The van der Waals surface area contributed by atoms with E-state index >= 15 is 0 Å². The van der Waals surface area contributed by atoms with E-state index in [0.29, 0.717) is 5.56 Å². The summed E-state index contributed by atoms with van der Waals surface area (Å²) in [7, 11) is 0. The second-order valence-electron chi connectivity index (χ2n) is 5.30. The second-order valence-corrected chi connectivity index (χ2v) is 5.30. The van der Waals surface area contributed by atoms with Crippen LogP contribution >= 0.6 is 0 Å². The molecule has 0 aliphatic rings. The molecule has 0 unspecified atom stereocenters. The standard InChI is InChI=1S/C18H20N2O2/c1-12-8-7-11-16(13(12)2)20-17(21)14(3)19-18(22)15-9-5-4-6-10-15/h4-11,14H,1-3H3,(H,19,22)(H,20,21)/t14-/m0/s1. The van der Waals surface area contributed by atoms with Gasteiger partial charge in [0.15, 0.2) is 0 Å². The van der Waals surface area contributed by atoms with Crippen LogP contribution in [0.2, 0.25) is 0 Å². The molecule has 0 bridgehead atoms. The number of benzene rings is 2. The number of rotatable bonds is 4. The number of carbonyl (C=O) groups excluding carboxylic acids is 2. The lowest BCUT2D eigenvalue weighted by atomic mass is 10.1. The lowest BCUT2D eigenvalue weighted by Crippen LogP contribution is -2.41. The third-order valence-electron chi connectivity index (χ3n) is 3.64. The highest BCUT2D eigenvalue weighted by Gasteiger charge is 2.17. The Bertz CT molecular complexity index is 681. The molecular weight excluding hydrogens is 276 g/mol. The number of nitrogens with one attached hydrogen (secondary N) is 2. The van der Waals surface area contributed by atoms with Crippen molar-refractivity contribution in [3.05, 3.63) is 65.2 Å². The maximum Gasteiger partial charge on any atom is 0.251 e. The van der Waals surface area contributed by atoms with Crippen LogP contribution < -0.4 is 10.6 Å². The smallest absolute Gasteiger partial charge is 0.251 e. The Morgan fingerprint density at radius 1 is 0.955 bits per heavy atom. The number of hydrogen-bond donors (Lipinski definition) is 2. The maximum atomic E-state index is 12.2. The van der Waals surface area contributed by atoms with Crippen LogP contribution in [0, 0.1) is 13.8 Å². The van der Waals surface area contributed by atoms with E-state index in [1.807, 2.05) is 38.1 Å². The summed E-state index contributed by atoms with van der Waals surface area (Å²) in [5.41, 5.74) is 3.44. The predicted octanol–water partition coefficient (Wildman–Crippen LogP) is 3.06. The highest BCUT2D eigenvalue weighted by atomic mass is 16.2. The van der Waals surface area contributed by atoms with Crippen LogP contribution in [0.1, 0.15) is 28.4 Å². The Hall–Kier alpha value is -2.62. The fourth-order valence-electron chi connectivity index (χ4n) is 2.06. The van der Waals surface area contributed by atoms with Crippen molar-refractivity contribution in [2.24, 2.45) is 0 Å². The van der Waals surface area contributed by atoms with Crippen molar-refractivity contribution in [3.63, 3.8) is 0 Å². The number of amides is 2. The minimum Gasteiger partial charge on any atom is -0.341 e. The van der Waals surface area contributed by atoms with E-state index in [0.717, 1.165) is 16.8 Å². The van der Waals surface area contributed by atoms with E-state index in [-0.39, 0.29) is 11.8 Å². The number of hydrogen-bond acceptors (Lipinski definition) is 2. The number of anilines is 1. The van der Waals surface area contributed by atoms with Gasteiger partial charge in [0.1, 0.15) is 6.04 Å². The van der Waals surface area contributed by atoms with Gasteiger partial charge in [-0.25, -0.2) is 0 Å². The van der Waals surface area contributed by atoms with Crippen molar-refractivity contribution in [2.45, 2.75) is 26.8 Å². The highest BCUT2D eigenvalue weighted by Crippen LogP contribution is 2.18. The molecule has 0 fully saturated rings. The van der Waals surface area contributed by atoms with Gasteiger partial charge in [0.25, 0.3) is 5.91 Å². The van der Waals surface area contributed by atoms with Gasteiger partial charge in [-0.15, -0.1) is 0 Å². The van der Waals surface area contributed by atoms with Gasteiger partial charge >= 0.3 is 0 Å². The van der Waals surface area contributed by atoms with Crippen LogP contribution in [0.4, 0.5) is 5.69 Å². The normalized spacial score (nSPS) is 11.6. The van der Waals surface area contributed by atoms with Crippen molar-refractivity contribution in [1.29, 1.82) is 0 Å². The van der Waals surface area contributed by atoms with E-state index in [2.05, 4.69) is 10.6 Å². The first-order valence-electron chi connectivity index (χ1n) is 7.22. The molecule has 0 heterocycles. The third kappa shape index (κ3) is 3.73. The van der Waals surface area contributed by atoms with E-state index in [9.17, 15) is 9.59 Å². The van der Waals surface area contributed by atoms with E-state index in [1.165, 1.54) is 0 Å². The highest BCUT2D eigenvalue weighted by molar-refractivity contribution is 6.01. The first-order valence-corrected chi connectivity index (χ1v) is 7.22. The van der Waals surface area contributed by atoms with E-state index in [4.69, 9.17) is 0 Å². The van der Waals surface area contributed by atoms with Gasteiger partial charge in [0.2, 0.25) is 5.91 Å². The lowest BCUT2D eigenvalue weighted by Gasteiger charge is -2.16. The Balaban J connectivity index is 2.01. The zero-order chi connectivity index (χ0) is 16.1. The molecular formula is C18H20N2O2. The zero-order valence-corrected chi connectivity index (χ0v) is 13.0. The van der Waals surface area contributed by atoms with Crippen LogP contribution in [0.3, 0.4) is 0 Å². The van der Waals surface area contributed by atoms with Gasteiger partial charge in [-0.05, 0) is 50.1 Å². The Morgan fingerprint density at radius 2 is 1.64 bits per heavy atom. The fraction of sp³-hybridized carbons (Fsp3) is 0.222. The molecule has 1 atom stereocenters. The molecule has 2 N–H and O–H groups in total. The Morgan fingerprint density at radius 3 is 2.32 bits per heavy atom. The molecule has 22 heavy (non-hydrogen) atoms. The van der Waals surface area contributed by atoms with Crippen molar-refractivity contribution in [2.75, 3.05) is 5.32 Å². The van der Waals surface area contributed by atoms with Crippen molar-refractivity contribution in [3.8, 4) is 0 Å². The molecule has 0 radical (unpaired) electrons. The molecule has 4 nitrogen and oxygen atoms in total. The van der Waals surface area contributed by atoms with Gasteiger partial charge < -0.3 is 10.6 Å². The quantitative estimate of drug-likeness (QED) is 0.911. The van der Waals surface area contributed by atoms with E-state index in [1.54, 1.807) is 31.2 Å². The largest absolute Gasteiger partial charge is 0.341 e. The predicted molar refractivity (Wildman–Crippen MR) is 87.9 cm³/mol. The molecule has 2 aromatic carbocycles. The molecule has 114 valence electrons. The molecule has 4 heteroatoms. The summed E-state index contributed by atoms with van der Waals surface area (Å²) in [4.78, 5) is 24.3. The minimum atomic E-state index is -0.618. The van der Waals surface area contributed by atoms with Crippen molar-refractivity contribution < 1.29 is 9.59 Å². The lowest BCUT2D eigenvalue weighted by molar-refractivity contribution is -0.117. The molecule has 2 rings (SSSR count). The van der Waals surface area contributed by atoms with Crippen LogP contribution in [0.15, 0.2) is 48.5 Å². The molecule has 0 aliphatic carbocycles. The van der Waals surface area contributed by atoms with Crippen molar-refractivity contribution >= 4 is 17.5 Å². The van der Waals surface area contributed by atoms with Gasteiger partial charge in [0.05, 0.1) is 0 Å². The van der Waals surface area contributed by atoms with Crippen LogP contribution in [0.5, 0.6) is 0 Å². The van der Waals surface area contributed by atoms with Crippen LogP contribution in [-0.4, -0.2) is 17.9 Å². The van der Waals surface area contributed by atoms with Gasteiger partial charge in [-0.3, -0.25) is 9.59 Å². The number of aryl methyl sites for hydroxylation is 1. The van der Waals surface area contributed by atoms with Gasteiger partial charge in [0, 0.05) is 11.3 Å². The summed E-state index contributed by atoms with van der Waals surface area (Å²) in [6.07, 6.45) is 0. The van der Waals surface area contributed by atoms with Gasteiger partial charge in [-0.2, -0.15) is 0 Å². The molecule has 2 amide bonds. The minimum absolute atomic E-state index is 0.238. The molecule has 0 saturated heterocycles. The SMILES string of the molecule is Cc1cccc(NC(=O)[C@H](C)NC(=O)c2ccccc2)c1C. The summed E-state index contributed by atoms with van der Waals surface area (Å²) in [5, 5.41) is 5.55. The molecule has 0 aliphatic heterocycles. The van der Waals surface area contributed by atoms with Crippen LogP contribution in [0.25, 0.3) is 0 Å². The topological polar surface area (TPSA) is 58.2 Å². The average molecular weight is 296 g/mol. The molecule has 0 aromatic heterocycles. The third-order valence-corrected chi connectivity index (χ3v) is 3.64. The summed E-state index contributed by atoms with van der Waals surface area (Å²) in [5.74, 6) is -0.498. The van der Waals surface area contributed by atoms with Crippen LogP contribution in [-0.2, 0) is 4.79 Å². The average Bonchev–Trinajstić information content (AvgIpc) is 2.52. The molecule has 2 aromatic rings. The molecule has 0 saturated carbocycles. The van der Waals surface area contributed by atoms with Gasteiger partial charge in [-0.1, -0.05) is 30.3 Å². The number of carbonyl (C=O) groups is 2. The zero-order valence-electron chi connectivity index (χ0n) is 13.0. The summed E-state index contributed by atoms with van der Waals surface area (Å²) in [6.45, 7) is 5.62. The fourth-order valence-corrected chi connectivity index (χ4v) is 2.06. The second kappa shape index (κ2) is 6.89. The maximum absolute atomic E-state index is 12.2. The summed E-state index contributed by atoms with van der Waals surface area (Å²) in [6, 6.07) is 14.0. The first kappa shape index (κ1) is 15.8. The van der Waals surface area contributed by atoms with E-state index < -0.39 is 6.04 Å². The Kier molecular flexibility index (Phi) is 4.94. The summed E-state index contributed by atoms with van der Waals surface area (Å²) >= 11 is 0. The Labute approximate surface area is 130 Å². The molecule has 0 spiro atoms. The van der Waals surface area contributed by atoms with Crippen molar-refractivity contribution in [1.82, 2.24) is 5.32 Å².